The standard InChI is InChI=1S/C16H13ClN2O2/c17-14-8-11(9-18)6-7-15(14)19-10-13(16(20)21)12-4-2-1-3-5-12/h1-8,13,19H,10H2,(H,20,21). The largest absolute Gasteiger partial charge is 0.481 e. The Balaban J connectivity index is 2.13. The molecular weight excluding hydrogens is 288 g/mol. The smallest absolute Gasteiger partial charge is 0.312 e. The van der Waals surface area contributed by atoms with Gasteiger partial charge in [-0.1, -0.05) is 41.9 Å². The van der Waals surface area contributed by atoms with Crippen molar-refractivity contribution < 1.29 is 9.90 Å². The summed E-state index contributed by atoms with van der Waals surface area (Å²) in [6, 6.07) is 15.9. The summed E-state index contributed by atoms with van der Waals surface area (Å²) in [5.41, 5.74) is 1.79. The zero-order valence-electron chi connectivity index (χ0n) is 11.1. The Hall–Kier alpha value is -2.51. The SMILES string of the molecule is N#Cc1ccc(NCC(C(=O)O)c2ccccc2)c(Cl)c1. The molecule has 0 saturated heterocycles. The van der Waals surface area contributed by atoms with Crippen LogP contribution in [0.1, 0.15) is 17.0 Å². The van der Waals surface area contributed by atoms with Crippen molar-refractivity contribution in [3.8, 4) is 6.07 Å². The number of carboxylic acid groups (broad SMARTS) is 1. The highest BCUT2D eigenvalue weighted by Gasteiger charge is 2.19. The van der Waals surface area contributed by atoms with Crippen LogP contribution in [0.15, 0.2) is 48.5 Å². The minimum atomic E-state index is -0.904. The molecule has 2 rings (SSSR count). The highest BCUT2D eigenvalue weighted by atomic mass is 35.5. The van der Waals surface area contributed by atoms with Crippen LogP contribution in [0.2, 0.25) is 5.02 Å². The van der Waals surface area contributed by atoms with Gasteiger partial charge in [0.25, 0.3) is 0 Å². The number of carbonyl (C=O) groups is 1. The maximum absolute atomic E-state index is 11.4. The Labute approximate surface area is 127 Å². The van der Waals surface area contributed by atoms with E-state index in [1.165, 1.54) is 0 Å². The summed E-state index contributed by atoms with van der Waals surface area (Å²) in [7, 11) is 0. The quantitative estimate of drug-likeness (QED) is 0.886. The van der Waals surface area contributed by atoms with Gasteiger partial charge in [-0.3, -0.25) is 4.79 Å². The number of carboxylic acids is 1. The number of hydrogen-bond donors (Lipinski definition) is 2. The zero-order valence-corrected chi connectivity index (χ0v) is 11.8. The van der Waals surface area contributed by atoms with Crippen molar-refractivity contribution in [3.05, 3.63) is 64.7 Å². The maximum atomic E-state index is 11.4. The lowest BCUT2D eigenvalue weighted by atomic mass is 9.99. The van der Waals surface area contributed by atoms with Gasteiger partial charge in [-0.05, 0) is 23.8 Å². The molecule has 0 radical (unpaired) electrons. The van der Waals surface area contributed by atoms with Crippen molar-refractivity contribution in [3.63, 3.8) is 0 Å². The highest BCUT2D eigenvalue weighted by molar-refractivity contribution is 6.33. The molecule has 0 amide bonds. The van der Waals surface area contributed by atoms with Crippen LogP contribution in [0.5, 0.6) is 0 Å². The molecule has 1 atom stereocenters. The van der Waals surface area contributed by atoms with Gasteiger partial charge in [0.1, 0.15) is 0 Å². The van der Waals surface area contributed by atoms with Crippen LogP contribution in [-0.2, 0) is 4.79 Å². The molecule has 2 aromatic rings. The summed E-state index contributed by atoms with van der Waals surface area (Å²) in [4.78, 5) is 11.4. The lowest BCUT2D eigenvalue weighted by molar-refractivity contribution is -0.138. The Morgan fingerprint density at radius 2 is 2.00 bits per heavy atom. The van der Waals surface area contributed by atoms with Crippen molar-refractivity contribution in [2.24, 2.45) is 0 Å². The molecule has 0 aliphatic carbocycles. The van der Waals surface area contributed by atoms with Crippen LogP contribution in [0.4, 0.5) is 5.69 Å². The van der Waals surface area contributed by atoms with Crippen LogP contribution in [0, 0.1) is 11.3 Å². The first-order chi connectivity index (χ1) is 10.1. The van der Waals surface area contributed by atoms with Gasteiger partial charge in [0.2, 0.25) is 0 Å². The highest BCUT2D eigenvalue weighted by Crippen LogP contribution is 2.24. The molecule has 0 saturated carbocycles. The molecule has 0 aliphatic heterocycles. The number of hydrogen-bond acceptors (Lipinski definition) is 3. The lowest BCUT2D eigenvalue weighted by Gasteiger charge is -2.15. The number of nitrogens with zero attached hydrogens (tertiary/aromatic N) is 1. The third kappa shape index (κ3) is 3.74. The molecule has 106 valence electrons. The fourth-order valence-corrected chi connectivity index (χ4v) is 2.22. The second kappa shape index (κ2) is 6.78. The summed E-state index contributed by atoms with van der Waals surface area (Å²) in [5, 5.41) is 21.5. The van der Waals surface area contributed by atoms with Crippen molar-refractivity contribution in [2.45, 2.75) is 5.92 Å². The van der Waals surface area contributed by atoms with Crippen LogP contribution >= 0.6 is 11.6 Å². The lowest BCUT2D eigenvalue weighted by Crippen LogP contribution is -2.21. The average molecular weight is 301 g/mol. The molecule has 2 aromatic carbocycles. The average Bonchev–Trinajstić information content (AvgIpc) is 2.49. The van der Waals surface area contributed by atoms with E-state index in [2.05, 4.69) is 5.32 Å². The Bertz CT molecular complexity index is 680. The second-order valence-electron chi connectivity index (χ2n) is 4.49. The first-order valence-electron chi connectivity index (χ1n) is 6.33. The molecule has 2 N–H and O–H groups in total. The van der Waals surface area contributed by atoms with E-state index < -0.39 is 11.9 Å². The van der Waals surface area contributed by atoms with E-state index in [-0.39, 0.29) is 6.54 Å². The summed E-state index contributed by atoms with van der Waals surface area (Å²) in [5.74, 6) is -1.57. The molecule has 1 unspecified atom stereocenters. The minimum absolute atomic E-state index is 0.213. The first-order valence-corrected chi connectivity index (χ1v) is 6.71. The van der Waals surface area contributed by atoms with E-state index in [1.807, 2.05) is 12.1 Å². The van der Waals surface area contributed by atoms with Gasteiger partial charge in [-0.15, -0.1) is 0 Å². The molecule has 5 heteroatoms. The van der Waals surface area contributed by atoms with Crippen molar-refractivity contribution in [1.82, 2.24) is 0 Å². The van der Waals surface area contributed by atoms with Gasteiger partial charge in [0.15, 0.2) is 0 Å². The summed E-state index contributed by atoms with van der Waals surface area (Å²) in [6.07, 6.45) is 0. The number of benzene rings is 2. The van der Waals surface area contributed by atoms with E-state index in [0.717, 1.165) is 5.56 Å². The number of halogens is 1. The topological polar surface area (TPSA) is 73.1 Å². The number of rotatable bonds is 5. The monoisotopic (exact) mass is 300 g/mol. The fourth-order valence-electron chi connectivity index (χ4n) is 1.97. The predicted molar refractivity (Wildman–Crippen MR) is 81.5 cm³/mol. The normalized spacial score (nSPS) is 11.4. The van der Waals surface area contributed by atoms with Crippen molar-refractivity contribution in [1.29, 1.82) is 5.26 Å². The minimum Gasteiger partial charge on any atom is -0.481 e. The van der Waals surface area contributed by atoms with Gasteiger partial charge in [-0.2, -0.15) is 5.26 Å². The molecule has 4 nitrogen and oxygen atoms in total. The van der Waals surface area contributed by atoms with Crippen molar-refractivity contribution >= 4 is 23.3 Å². The first kappa shape index (κ1) is 14.9. The molecule has 0 aromatic heterocycles. The molecule has 0 aliphatic rings. The van der Waals surface area contributed by atoms with Crippen LogP contribution in [-0.4, -0.2) is 17.6 Å². The predicted octanol–water partition coefficient (Wildman–Crippen LogP) is 3.49. The summed E-state index contributed by atoms with van der Waals surface area (Å²) < 4.78 is 0. The Morgan fingerprint density at radius 1 is 1.29 bits per heavy atom. The van der Waals surface area contributed by atoms with Crippen LogP contribution < -0.4 is 5.32 Å². The number of nitriles is 1. The van der Waals surface area contributed by atoms with Gasteiger partial charge in [-0.25, -0.2) is 0 Å². The van der Waals surface area contributed by atoms with Gasteiger partial charge >= 0.3 is 5.97 Å². The van der Waals surface area contributed by atoms with Gasteiger partial charge in [0.05, 0.1) is 28.3 Å². The molecule has 0 spiro atoms. The van der Waals surface area contributed by atoms with Gasteiger partial charge < -0.3 is 10.4 Å². The fraction of sp³-hybridized carbons (Fsp3) is 0.125. The van der Waals surface area contributed by atoms with Crippen molar-refractivity contribution in [2.75, 3.05) is 11.9 Å². The maximum Gasteiger partial charge on any atom is 0.312 e. The zero-order chi connectivity index (χ0) is 15.2. The Kier molecular flexibility index (Phi) is 4.81. The third-order valence-electron chi connectivity index (χ3n) is 3.09. The second-order valence-corrected chi connectivity index (χ2v) is 4.90. The van der Waals surface area contributed by atoms with E-state index in [0.29, 0.717) is 16.3 Å². The van der Waals surface area contributed by atoms with Gasteiger partial charge in [0, 0.05) is 6.54 Å². The third-order valence-corrected chi connectivity index (χ3v) is 3.41. The van der Waals surface area contributed by atoms with E-state index in [4.69, 9.17) is 16.9 Å². The molecular formula is C16H13ClN2O2. The number of nitrogens with one attached hydrogen (secondary N) is 1. The van der Waals surface area contributed by atoms with Crippen LogP contribution in [0.3, 0.4) is 0 Å². The molecule has 0 bridgehead atoms. The van der Waals surface area contributed by atoms with E-state index in [1.54, 1.807) is 42.5 Å². The van der Waals surface area contributed by atoms with E-state index in [9.17, 15) is 9.90 Å². The Morgan fingerprint density at radius 3 is 2.57 bits per heavy atom. The molecule has 0 fully saturated rings. The van der Waals surface area contributed by atoms with Crippen LogP contribution in [0.25, 0.3) is 0 Å². The number of aliphatic carboxylic acids is 1. The molecule has 0 heterocycles. The summed E-state index contributed by atoms with van der Waals surface area (Å²) >= 11 is 6.06. The van der Waals surface area contributed by atoms with E-state index >= 15 is 0 Å². The number of anilines is 1. The molecule has 21 heavy (non-hydrogen) atoms. The summed E-state index contributed by atoms with van der Waals surface area (Å²) in [6.45, 7) is 0.213.